The van der Waals surface area contributed by atoms with Crippen molar-refractivity contribution in [3.8, 4) is 5.75 Å². The van der Waals surface area contributed by atoms with E-state index in [0.29, 0.717) is 17.9 Å². The Balaban J connectivity index is 1.94. The zero-order valence-corrected chi connectivity index (χ0v) is 19.7. The normalized spacial score (nSPS) is 10.9. The maximum absolute atomic E-state index is 12.0. The van der Waals surface area contributed by atoms with Gasteiger partial charge in [-0.1, -0.05) is 115 Å². The van der Waals surface area contributed by atoms with Crippen LogP contribution in [0.2, 0.25) is 0 Å². The number of rotatable bonds is 21. The predicted octanol–water partition coefficient (Wildman–Crippen LogP) is 7.98. The molecule has 4 heteroatoms. The van der Waals surface area contributed by atoms with E-state index in [1.807, 2.05) is 0 Å². The van der Waals surface area contributed by atoms with E-state index >= 15 is 0 Å². The lowest BCUT2D eigenvalue weighted by atomic mass is 10.0. The molecular formula is C27H44O4. The van der Waals surface area contributed by atoms with Crippen molar-refractivity contribution in [1.82, 2.24) is 0 Å². The molecule has 0 aliphatic heterocycles. The first kappa shape index (κ1) is 27.2. The second-order valence-corrected chi connectivity index (χ2v) is 8.64. The highest BCUT2D eigenvalue weighted by Gasteiger charge is 2.15. The number of carboxylic acids is 1. The van der Waals surface area contributed by atoms with E-state index in [1.54, 1.807) is 24.3 Å². The molecule has 1 aromatic rings. The van der Waals surface area contributed by atoms with Crippen LogP contribution in [0.4, 0.5) is 0 Å². The van der Waals surface area contributed by atoms with Crippen molar-refractivity contribution >= 4 is 11.8 Å². The number of ether oxygens (including phenoxy) is 1. The monoisotopic (exact) mass is 432 g/mol. The second-order valence-electron chi connectivity index (χ2n) is 8.64. The Kier molecular flexibility index (Phi) is 16.6. The summed E-state index contributed by atoms with van der Waals surface area (Å²) in [6.45, 7) is 2.84. The number of carbonyl (C=O) groups excluding carboxylic acids is 1. The first-order valence-corrected chi connectivity index (χ1v) is 12.6. The van der Waals surface area contributed by atoms with E-state index in [9.17, 15) is 9.59 Å². The van der Waals surface area contributed by atoms with Crippen molar-refractivity contribution in [3.05, 3.63) is 29.8 Å². The van der Waals surface area contributed by atoms with Crippen LogP contribution >= 0.6 is 0 Å². The van der Waals surface area contributed by atoms with Gasteiger partial charge in [-0.3, -0.25) is 9.59 Å². The summed E-state index contributed by atoms with van der Waals surface area (Å²) in [5, 5.41) is 8.81. The van der Waals surface area contributed by atoms with Gasteiger partial charge < -0.3 is 9.84 Å². The van der Waals surface area contributed by atoms with Gasteiger partial charge in [-0.25, -0.2) is 0 Å². The summed E-state index contributed by atoms with van der Waals surface area (Å²) in [6.07, 6.45) is 20.8. The van der Waals surface area contributed by atoms with Gasteiger partial charge in [0.05, 0.1) is 12.2 Å². The van der Waals surface area contributed by atoms with Gasteiger partial charge in [0.1, 0.15) is 12.2 Å². The Morgan fingerprint density at radius 3 is 1.65 bits per heavy atom. The van der Waals surface area contributed by atoms with Crippen LogP contribution in [0, 0.1) is 0 Å². The van der Waals surface area contributed by atoms with E-state index in [2.05, 4.69) is 6.92 Å². The second kappa shape index (κ2) is 18.9. The quantitative estimate of drug-likeness (QED) is 0.121. The Labute approximate surface area is 189 Å². The van der Waals surface area contributed by atoms with Crippen LogP contribution in [0.25, 0.3) is 0 Å². The molecule has 0 atom stereocenters. The van der Waals surface area contributed by atoms with Gasteiger partial charge in [0, 0.05) is 0 Å². The van der Waals surface area contributed by atoms with Gasteiger partial charge in [0.15, 0.2) is 5.78 Å². The molecule has 1 rings (SSSR count). The van der Waals surface area contributed by atoms with Gasteiger partial charge in [0.25, 0.3) is 0 Å². The largest absolute Gasteiger partial charge is 0.493 e. The average Bonchev–Trinajstić information content (AvgIpc) is 2.75. The molecule has 0 saturated carbocycles. The number of para-hydroxylation sites is 1. The molecule has 0 saturated heterocycles. The van der Waals surface area contributed by atoms with Crippen molar-refractivity contribution in [2.24, 2.45) is 0 Å². The minimum Gasteiger partial charge on any atom is -0.493 e. The summed E-state index contributed by atoms with van der Waals surface area (Å²) < 4.78 is 5.75. The molecular weight excluding hydrogens is 388 g/mol. The van der Waals surface area contributed by atoms with Gasteiger partial charge in [0.2, 0.25) is 0 Å². The molecule has 0 spiro atoms. The molecule has 0 bridgehead atoms. The summed E-state index contributed by atoms with van der Waals surface area (Å²) in [4.78, 5) is 22.8. The van der Waals surface area contributed by atoms with Crippen LogP contribution in [-0.4, -0.2) is 23.5 Å². The molecule has 1 N–H and O–H groups in total. The topological polar surface area (TPSA) is 63.6 Å². The van der Waals surface area contributed by atoms with Gasteiger partial charge in [-0.05, 0) is 18.6 Å². The first-order chi connectivity index (χ1) is 15.1. The number of aliphatic carboxylic acids is 1. The van der Waals surface area contributed by atoms with Crippen molar-refractivity contribution in [3.63, 3.8) is 0 Å². The lowest BCUT2D eigenvalue weighted by Gasteiger charge is -2.10. The van der Waals surface area contributed by atoms with Crippen molar-refractivity contribution in [1.29, 1.82) is 0 Å². The van der Waals surface area contributed by atoms with Crippen LogP contribution in [0.15, 0.2) is 24.3 Å². The number of ketones is 1. The zero-order chi connectivity index (χ0) is 22.6. The molecule has 176 valence electrons. The van der Waals surface area contributed by atoms with Crippen LogP contribution in [0.1, 0.15) is 126 Å². The SMILES string of the molecule is CCCCCCCCCCCCCCCCCCOc1ccccc1C(=O)CC(=O)O. The molecule has 0 aliphatic carbocycles. The standard InChI is InChI=1S/C27H44O4/c1-2-3-4-5-6-7-8-9-10-11-12-13-14-15-16-19-22-31-26-21-18-17-20-24(26)25(28)23-27(29)30/h17-18,20-21H,2-16,19,22-23H2,1H3,(H,29,30). The molecule has 0 aromatic heterocycles. The number of carbonyl (C=O) groups is 2. The fourth-order valence-corrected chi connectivity index (χ4v) is 3.89. The Bertz CT molecular complexity index is 597. The molecule has 4 nitrogen and oxygen atoms in total. The number of Topliss-reactive ketones (excluding diaryl/α,β-unsaturated/α-hetero) is 1. The minimum absolute atomic E-state index is 0.362. The first-order valence-electron chi connectivity index (χ1n) is 12.6. The van der Waals surface area contributed by atoms with Gasteiger partial charge in [-0.2, -0.15) is 0 Å². The Morgan fingerprint density at radius 2 is 1.16 bits per heavy atom. The molecule has 0 heterocycles. The summed E-state index contributed by atoms with van der Waals surface area (Å²) >= 11 is 0. The molecule has 1 aromatic carbocycles. The van der Waals surface area contributed by atoms with Crippen LogP contribution in [0.5, 0.6) is 5.75 Å². The van der Waals surface area contributed by atoms with Crippen molar-refractivity contribution in [2.75, 3.05) is 6.61 Å². The zero-order valence-electron chi connectivity index (χ0n) is 19.7. The third-order valence-electron chi connectivity index (χ3n) is 5.75. The number of carboxylic acid groups (broad SMARTS) is 1. The van der Waals surface area contributed by atoms with Crippen molar-refractivity contribution in [2.45, 2.75) is 116 Å². The van der Waals surface area contributed by atoms with Crippen molar-refractivity contribution < 1.29 is 19.4 Å². The molecule has 0 aliphatic rings. The number of unbranched alkanes of at least 4 members (excludes halogenated alkanes) is 15. The maximum Gasteiger partial charge on any atom is 0.311 e. The van der Waals surface area contributed by atoms with E-state index in [0.717, 1.165) is 12.8 Å². The highest BCUT2D eigenvalue weighted by Crippen LogP contribution is 2.20. The van der Waals surface area contributed by atoms with Gasteiger partial charge in [-0.15, -0.1) is 0 Å². The van der Waals surface area contributed by atoms with Crippen LogP contribution < -0.4 is 4.74 Å². The van der Waals surface area contributed by atoms with Gasteiger partial charge >= 0.3 is 5.97 Å². The van der Waals surface area contributed by atoms with E-state index in [-0.39, 0.29) is 0 Å². The maximum atomic E-state index is 12.0. The molecule has 0 radical (unpaired) electrons. The molecule has 0 fully saturated rings. The molecule has 0 amide bonds. The number of hydrogen-bond acceptors (Lipinski definition) is 3. The smallest absolute Gasteiger partial charge is 0.311 e. The number of benzene rings is 1. The average molecular weight is 433 g/mol. The Hall–Kier alpha value is -1.84. The highest BCUT2D eigenvalue weighted by atomic mass is 16.5. The van der Waals surface area contributed by atoms with Crippen LogP contribution in [0.3, 0.4) is 0 Å². The van der Waals surface area contributed by atoms with E-state index in [1.165, 1.54) is 89.9 Å². The Morgan fingerprint density at radius 1 is 0.710 bits per heavy atom. The summed E-state index contributed by atoms with van der Waals surface area (Å²) in [5.41, 5.74) is 0.362. The predicted molar refractivity (Wildman–Crippen MR) is 128 cm³/mol. The third-order valence-corrected chi connectivity index (χ3v) is 5.75. The fraction of sp³-hybridized carbons (Fsp3) is 0.704. The lowest BCUT2D eigenvalue weighted by molar-refractivity contribution is -0.135. The summed E-state index contributed by atoms with van der Waals surface area (Å²) in [5.74, 6) is -1.03. The van der Waals surface area contributed by atoms with E-state index in [4.69, 9.17) is 9.84 Å². The lowest BCUT2D eigenvalue weighted by Crippen LogP contribution is -2.09. The third kappa shape index (κ3) is 14.7. The summed E-state index contributed by atoms with van der Waals surface area (Å²) in [7, 11) is 0. The number of hydrogen-bond donors (Lipinski definition) is 1. The molecule has 0 unspecified atom stereocenters. The van der Waals surface area contributed by atoms with E-state index < -0.39 is 18.2 Å². The minimum atomic E-state index is -1.11. The van der Waals surface area contributed by atoms with Crippen LogP contribution in [-0.2, 0) is 4.79 Å². The fourth-order valence-electron chi connectivity index (χ4n) is 3.89. The summed E-state index contributed by atoms with van der Waals surface area (Å²) in [6, 6.07) is 6.91. The molecule has 31 heavy (non-hydrogen) atoms. The highest BCUT2D eigenvalue weighted by molar-refractivity contribution is 6.07.